The van der Waals surface area contributed by atoms with E-state index in [9.17, 15) is 0 Å². The zero-order valence-corrected chi connectivity index (χ0v) is 6.36. The summed E-state index contributed by atoms with van der Waals surface area (Å²) < 4.78 is 0. The number of aliphatic hydroxyl groups is 3. The minimum absolute atomic E-state index is 0.0814. The lowest BCUT2D eigenvalue weighted by atomic mass is 10.1. The minimum atomic E-state index is -0.384. The maximum absolute atomic E-state index is 8.97. The van der Waals surface area contributed by atoms with Crippen LogP contribution in [0, 0.1) is 5.92 Å². The second-order valence-corrected chi connectivity index (χ2v) is 2.26. The average Bonchev–Trinajstić information content (AvgIpc) is 2.02. The van der Waals surface area contributed by atoms with E-state index >= 15 is 0 Å². The fraction of sp³-hybridized carbons (Fsp3) is 0.429. The molecule has 0 aliphatic carbocycles. The molecule has 0 spiro atoms. The zero-order chi connectivity index (χ0) is 8.85. The van der Waals surface area contributed by atoms with Crippen LogP contribution in [0.4, 0.5) is 0 Å². The Bertz CT molecular complexity index is 175. The lowest BCUT2D eigenvalue weighted by molar-refractivity contribution is 0.255. The molecule has 0 amide bonds. The summed E-state index contributed by atoms with van der Waals surface area (Å²) >= 11 is 0. The van der Waals surface area contributed by atoms with Crippen molar-refractivity contribution in [2.75, 3.05) is 6.61 Å². The predicted molar refractivity (Wildman–Crippen MR) is 41.9 cm³/mol. The molecule has 5 N–H and O–H groups in total. The summed E-state index contributed by atoms with van der Waals surface area (Å²) in [7, 11) is 0. The third kappa shape index (κ3) is 3.52. The summed E-state index contributed by atoms with van der Waals surface area (Å²) in [6.07, 6.45) is 2.20. The molecule has 0 radical (unpaired) electrons. The monoisotopic (exact) mass is 159 g/mol. The molecule has 0 rings (SSSR count). The molecule has 0 heterocycles. The first kappa shape index (κ1) is 9.84. The van der Waals surface area contributed by atoms with Crippen LogP contribution in [0.2, 0.25) is 0 Å². The average molecular weight is 159 g/mol. The molecule has 0 aromatic heterocycles. The van der Waals surface area contributed by atoms with Crippen LogP contribution in [0.3, 0.4) is 0 Å². The molecule has 64 valence electrons. The van der Waals surface area contributed by atoms with Gasteiger partial charge in [0.15, 0.2) is 11.5 Å². The van der Waals surface area contributed by atoms with Crippen LogP contribution in [-0.2, 0) is 0 Å². The van der Waals surface area contributed by atoms with Gasteiger partial charge < -0.3 is 21.1 Å². The minimum Gasteiger partial charge on any atom is -0.504 e. The maximum Gasteiger partial charge on any atom is 0.172 e. The first-order valence-electron chi connectivity index (χ1n) is 3.24. The first-order valence-corrected chi connectivity index (χ1v) is 3.24. The Morgan fingerprint density at radius 1 is 1.45 bits per heavy atom. The quantitative estimate of drug-likeness (QED) is 0.355. The van der Waals surface area contributed by atoms with E-state index in [1.807, 2.05) is 0 Å². The molecule has 1 unspecified atom stereocenters. The van der Waals surface area contributed by atoms with Crippen molar-refractivity contribution in [1.29, 1.82) is 0 Å². The lowest BCUT2D eigenvalue weighted by Crippen LogP contribution is -2.00. The maximum atomic E-state index is 8.97. The Balaban J connectivity index is 4.21. The molecule has 0 saturated carbocycles. The summed E-state index contributed by atoms with van der Waals surface area (Å²) in [4.78, 5) is 0. The highest BCUT2D eigenvalue weighted by Crippen LogP contribution is 2.05. The molecule has 0 saturated heterocycles. The number of rotatable bonds is 3. The van der Waals surface area contributed by atoms with Crippen LogP contribution in [-0.4, -0.2) is 21.9 Å². The van der Waals surface area contributed by atoms with Gasteiger partial charge in [0.1, 0.15) is 0 Å². The van der Waals surface area contributed by atoms with Crippen molar-refractivity contribution < 1.29 is 15.3 Å². The molecule has 4 heteroatoms. The molecule has 11 heavy (non-hydrogen) atoms. The third-order valence-electron chi connectivity index (χ3n) is 1.15. The highest BCUT2D eigenvalue weighted by atomic mass is 16.3. The Labute approximate surface area is 65.3 Å². The van der Waals surface area contributed by atoms with E-state index < -0.39 is 0 Å². The zero-order valence-electron chi connectivity index (χ0n) is 6.36. The summed E-state index contributed by atoms with van der Waals surface area (Å²) in [5, 5.41) is 26.3. The van der Waals surface area contributed by atoms with Gasteiger partial charge in [0, 0.05) is 18.7 Å². The second kappa shape index (κ2) is 4.62. The molecule has 0 aromatic carbocycles. The van der Waals surface area contributed by atoms with Gasteiger partial charge in [0.25, 0.3) is 0 Å². The van der Waals surface area contributed by atoms with Crippen molar-refractivity contribution in [3.8, 4) is 0 Å². The van der Waals surface area contributed by atoms with Crippen molar-refractivity contribution in [1.82, 2.24) is 0 Å². The van der Waals surface area contributed by atoms with Crippen molar-refractivity contribution in [3.05, 3.63) is 23.8 Å². The van der Waals surface area contributed by atoms with Gasteiger partial charge in [0.05, 0.1) is 0 Å². The van der Waals surface area contributed by atoms with E-state index in [2.05, 4.69) is 0 Å². The van der Waals surface area contributed by atoms with Crippen LogP contribution in [0.25, 0.3) is 0 Å². The Morgan fingerprint density at radius 3 is 2.36 bits per heavy atom. The van der Waals surface area contributed by atoms with Gasteiger partial charge >= 0.3 is 0 Å². The fourth-order valence-electron chi connectivity index (χ4n) is 0.493. The normalized spacial score (nSPS) is 16.5. The summed E-state index contributed by atoms with van der Waals surface area (Å²) in [6, 6.07) is 0. The second-order valence-electron chi connectivity index (χ2n) is 2.26. The van der Waals surface area contributed by atoms with Gasteiger partial charge in [-0.2, -0.15) is 0 Å². The highest BCUT2D eigenvalue weighted by molar-refractivity contribution is 5.16. The predicted octanol–water partition coefficient (Wildman–Crippen LogP) is 0.415. The van der Waals surface area contributed by atoms with Crippen LogP contribution in [0.15, 0.2) is 23.8 Å². The van der Waals surface area contributed by atoms with Gasteiger partial charge in [-0.3, -0.25) is 0 Å². The largest absolute Gasteiger partial charge is 0.504 e. The SMILES string of the molecule is CC(/C=C(O)\C(O)=C/N)CO. The van der Waals surface area contributed by atoms with E-state index in [0.29, 0.717) is 0 Å². The molecule has 0 aromatic rings. The summed E-state index contributed by atoms with van der Waals surface area (Å²) in [6.45, 7) is 1.61. The Kier molecular flexibility index (Phi) is 4.14. The van der Waals surface area contributed by atoms with Gasteiger partial charge in [-0.15, -0.1) is 0 Å². The van der Waals surface area contributed by atoms with Gasteiger partial charge in [0.2, 0.25) is 0 Å². The van der Waals surface area contributed by atoms with Crippen molar-refractivity contribution in [2.45, 2.75) is 6.92 Å². The molecule has 4 nitrogen and oxygen atoms in total. The Morgan fingerprint density at radius 2 is 2.00 bits per heavy atom. The van der Waals surface area contributed by atoms with Gasteiger partial charge in [-0.05, 0) is 6.08 Å². The number of hydrogen-bond donors (Lipinski definition) is 4. The number of aliphatic hydroxyl groups excluding tert-OH is 3. The van der Waals surface area contributed by atoms with E-state index in [1.165, 1.54) is 6.08 Å². The first-order chi connectivity index (χ1) is 5.11. The number of nitrogens with two attached hydrogens (primary N) is 1. The smallest absolute Gasteiger partial charge is 0.172 e. The molecule has 0 fully saturated rings. The summed E-state index contributed by atoms with van der Waals surface area (Å²) in [5.74, 6) is -0.892. The van der Waals surface area contributed by atoms with Crippen LogP contribution in [0.1, 0.15) is 6.92 Å². The van der Waals surface area contributed by atoms with Crippen LogP contribution >= 0.6 is 0 Å². The van der Waals surface area contributed by atoms with Crippen molar-refractivity contribution >= 4 is 0 Å². The molecule has 0 aliphatic heterocycles. The molecule has 0 bridgehead atoms. The van der Waals surface area contributed by atoms with Crippen molar-refractivity contribution in [3.63, 3.8) is 0 Å². The van der Waals surface area contributed by atoms with Gasteiger partial charge in [-0.25, -0.2) is 0 Å². The topological polar surface area (TPSA) is 86.7 Å². The van der Waals surface area contributed by atoms with Crippen LogP contribution in [0.5, 0.6) is 0 Å². The standard InChI is InChI=1S/C7H13NO3/c1-5(4-9)2-6(10)7(11)3-8/h2-3,5,9-11H,4,8H2,1H3/b6-2+,7-3+. The molecular formula is C7H13NO3. The fourth-order valence-corrected chi connectivity index (χ4v) is 0.493. The summed E-state index contributed by atoms with van der Waals surface area (Å²) in [5.41, 5.74) is 4.91. The molecular weight excluding hydrogens is 146 g/mol. The Hall–Kier alpha value is -1.16. The van der Waals surface area contributed by atoms with Crippen molar-refractivity contribution in [2.24, 2.45) is 11.7 Å². The number of hydrogen-bond acceptors (Lipinski definition) is 4. The van der Waals surface area contributed by atoms with E-state index in [0.717, 1.165) is 6.20 Å². The van der Waals surface area contributed by atoms with E-state index in [4.69, 9.17) is 21.1 Å². The van der Waals surface area contributed by atoms with E-state index in [1.54, 1.807) is 6.92 Å². The molecule has 0 aliphatic rings. The lowest BCUT2D eigenvalue weighted by Gasteiger charge is -2.01. The third-order valence-corrected chi connectivity index (χ3v) is 1.15. The van der Waals surface area contributed by atoms with Crippen LogP contribution < -0.4 is 5.73 Å². The highest BCUT2D eigenvalue weighted by Gasteiger charge is 2.01. The van der Waals surface area contributed by atoms with E-state index in [-0.39, 0.29) is 24.0 Å². The van der Waals surface area contributed by atoms with Gasteiger partial charge in [-0.1, -0.05) is 6.92 Å². The molecule has 1 atom stereocenters.